The van der Waals surface area contributed by atoms with Crippen LogP contribution >= 0.6 is 0 Å². The van der Waals surface area contributed by atoms with Crippen LogP contribution in [-0.2, 0) is 6.54 Å². The van der Waals surface area contributed by atoms with Crippen molar-refractivity contribution >= 4 is 11.6 Å². The van der Waals surface area contributed by atoms with Crippen molar-refractivity contribution in [1.82, 2.24) is 14.9 Å². The minimum absolute atomic E-state index is 0.268. The average Bonchev–Trinajstić information content (AvgIpc) is 2.59. The zero-order chi connectivity index (χ0) is 17.8. The summed E-state index contributed by atoms with van der Waals surface area (Å²) in [6.07, 6.45) is 3.65. The summed E-state index contributed by atoms with van der Waals surface area (Å²) >= 11 is 0. The molecule has 0 aliphatic carbocycles. The lowest BCUT2D eigenvalue weighted by molar-refractivity contribution is 0.208. The van der Waals surface area contributed by atoms with Crippen LogP contribution in [0.15, 0.2) is 30.6 Å². The third-order valence-electron chi connectivity index (χ3n) is 4.36. The Labute approximate surface area is 146 Å². The number of anilines is 2. The lowest BCUT2D eigenvalue weighted by Gasteiger charge is -2.33. The molecule has 1 aromatic carbocycles. The van der Waals surface area contributed by atoms with Gasteiger partial charge in [0.15, 0.2) is 11.6 Å². The van der Waals surface area contributed by atoms with Gasteiger partial charge >= 0.3 is 0 Å². The maximum Gasteiger partial charge on any atom is 0.159 e. The van der Waals surface area contributed by atoms with E-state index in [0.717, 1.165) is 43.1 Å². The Bertz CT molecular complexity index is 722. The van der Waals surface area contributed by atoms with E-state index >= 15 is 0 Å². The summed E-state index contributed by atoms with van der Waals surface area (Å²) in [5.74, 6) is 0.0640. The van der Waals surface area contributed by atoms with Gasteiger partial charge in [-0.25, -0.2) is 18.7 Å². The molecule has 25 heavy (non-hydrogen) atoms. The second kappa shape index (κ2) is 7.74. The highest BCUT2D eigenvalue weighted by Crippen LogP contribution is 2.19. The summed E-state index contributed by atoms with van der Waals surface area (Å²) in [4.78, 5) is 12.7. The highest BCUT2D eigenvalue weighted by Gasteiger charge is 2.20. The average molecular weight is 347 g/mol. The zero-order valence-electron chi connectivity index (χ0n) is 14.5. The summed E-state index contributed by atoms with van der Waals surface area (Å²) < 4.78 is 26.4. The van der Waals surface area contributed by atoms with Gasteiger partial charge in [0.05, 0.1) is 0 Å². The van der Waals surface area contributed by atoms with Gasteiger partial charge in [-0.15, -0.1) is 0 Å². The summed E-state index contributed by atoms with van der Waals surface area (Å²) in [5, 5.41) is 3.46. The molecule has 1 aliphatic rings. The highest BCUT2D eigenvalue weighted by molar-refractivity contribution is 5.47. The van der Waals surface area contributed by atoms with Crippen molar-refractivity contribution in [3.05, 3.63) is 47.8 Å². The van der Waals surface area contributed by atoms with Crippen molar-refractivity contribution in [3.8, 4) is 0 Å². The van der Waals surface area contributed by atoms with Crippen molar-refractivity contribution in [2.75, 3.05) is 37.4 Å². The number of hydrogen-bond donors (Lipinski definition) is 1. The van der Waals surface area contributed by atoms with Gasteiger partial charge < -0.3 is 10.2 Å². The van der Waals surface area contributed by atoms with Crippen LogP contribution in [0.4, 0.5) is 20.4 Å². The topological polar surface area (TPSA) is 44.3 Å². The minimum atomic E-state index is -0.803. The molecule has 7 heteroatoms. The fraction of sp³-hybridized carbons (Fsp3) is 0.444. The summed E-state index contributed by atoms with van der Waals surface area (Å²) in [6.45, 7) is 2.40. The maximum atomic E-state index is 13.4. The second-order valence-electron chi connectivity index (χ2n) is 6.62. The van der Waals surface area contributed by atoms with Crippen LogP contribution in [0.25, 0.3) is 0 Å². The predicted molar refractivity (Wildman–Crippen MR) is 94.6 cm³/mol. The Morgan fingerprint density at radius 1 is 1.20 bits per heavy atom. The number of nitrogens with one attached hydrogen (secondary N) is 1. The fourth-order valence-electron chi connectivity index (χ4n) is 3.09. The van der Waals surface area contributed by atoms with E-state index in [1.807, 2.05) is 25.1 Å². The van der Waals surface area contributed by atoms with Crippen LogP contribution in [0.3, 0.4) is 0 Å². The molecule has 1 fully saturated rings. The van der Waals surface area contributed by atoms with Gasteiger partial charge in [0.1, 0.15) is 18.0 Å². The number of piperidine rings is 1. The van der Waals surface area contributed by atoms with Gasteiger partial charge in [0.2, 0.25) is 0 Å². The normalized spacial score (nSPS) is 18.2. The van der Waals surface area contributed by atoms with Gasteiger partial charge in [-0.05, 0) is 37.1 Å². The van der Waals surface area contributed by atoms with Gasteiger partial charge in [-0.1, -0.05) is 6.07 Å². The Morgan fingerprint density at radius 2 is 2.04 bits per heavy atom. The SMILES string of the molecule is CN(C)c1cc(NC2CCCN(Cc3ccc(F)c(F)c3)C2)ncn1. The molecular weight excluding hydrogens is 324 g/mol. The molecule has 0 spiro atoms. The maximum absolute atomic E-state index is 13.4. The first kappa shape index (κ1) is 17.5. The van der Waals surface area contributed by atoms with Gasteiger partial charge in [0.25, 0.3) is 0 Å². The Balaban J connectivity index is 1.61. The number of benzene rings is 1. The molecule has 0 radical (unpaired) electrons. The van der Waals surface area contributed by atoms with E-state index in [4.69, 9.17) is 0 Å². The summed E-state index contributed by atoms with van der Waals surface area (Å²) in [7, 11) is 3.88. The Morgan fingerprint density at radius 3 is 2.80 bits per heavy atom. The van der Waals surface area contributed by atoms with Crippen molar-refractivity contribution in [3.63, 3.8) is 0 Å². The van der Waals surface area contributed by atoms with Crippen molar-refractivity contribution < 1.29 is 8.78 Å². The van der Waals surface area contributed by atoms with Gasteiger partial charge in [0, 0.05) is 39.3 Å². The van der Waals surface area contributed by atoms with Crippen molar-refractivity contribution in [2.24, 2.45) is 0 Å². The molecule has 1 N–H and O–H groups in total. The fourth-order valence-corrected chi connectivity index (χ4v) is 3.09. The molecule has 1 unspecified atom stereocenters. The number of likely N-dealkylation sites (tertiary alicyclic amines) is 1. The monoisotopic (exact) mass is 347 g/mol. The number of aromatic nitrogens is 2. The van der Waals surface area contributed by atoms with Crippen LogP contribution in [0.2, 0.25) is 0 Å². The van der Waals surface area contributed by atoms with Crippen molar-refractivity contribution in [2.45, 2.75) is 25.4 Å². The smallest absolute Gasteiger partial charge is 0.159 e. The molecule has 0 amide bonds. The van der Waals surface area contributed by atoms with Crippen LogP contribution in [0, 0.1) is 11.6 Å². The number of nitrogens with zero attached hydrogens (tertiary/aromatic N) is 4. The third kappa shape index (κ3) is 4.63. The second-order valence-corrected chi connectivity index (χ2v) is 6.62. The predicted octanol–water partition coefficient (Wildman–Crippen LogP) is 2.90. The minimum Gasteiger partial charge on any atom is -0.366 e. The molecule has 2 heterocycles. The van der Waals surface area contributed by atoms with E-state index in [-0.39, 0.29) is 6.04 Å². The molecule has 2 aromatic rings. The molecule has 1 saturated heterocycles. The molecule has 1 aliphatic heterocycles. The van der Waals surface area contributed by atoms with E-state index in [1.54, 1.807) is 12.4 Å². The van der Waals surface area contributed by atoms with Crippen LogP contribution < -0.4 is 10.2 Å². The van der Waals surface area contributed by atoms with E-state index in [9.17, 15) is 8.78 Å². The Kier molecular flexibility index (Phi) is 5.43. The molecule has 0 bridgehead atoms. The molecule has 1 aromatic heterocycles. The standard InChI is InChI=1S/C18H23F2N5/c1-24(2)18-9-17(21-12-22-18)23-14-4-3-7-25(11-14)10-13-5-6-15(19)16(20)8-13/h5-6,8-9,12,14H,3-4,7,10-11H2,1-2H3,(H,21,22,23). The van der Waals surface area contributed by atoms with Crippen LogP contribution in [0.1, 0.15) is 18.4 Å². The quantitative estimate of drug-likeness (QED) is 0.901. The molecule has 1 atom stereocenters. The molecule has 0 saturated carbocycles. The molecule has 5 nitrogen and oxygen atoms in total. The zero-order valence-corrected chi connectivity index (χ0v) is 14.5. The first-order valence-electron chi connectivity index (χ1n) is 8.43. The van der Waals surface area contributed by atoms with E-state index in [2.05, 4.69) is 20.2 Å². The number of rotatable bonds is 5. The van der Waals surface area contributed by atoms with E-state index < -0.39 is 11.6 Å². The van der Waals surface area contributed by atoms with Gasteiger partial charge in [-0.2, -0.15) is 0 Å². The number of hydrogen-bond acceptors (Lipinski definition) is 5. The van der Waals surface area contributed by atoms with Crippen molar-refractivity contribution in [1.29, 1.82) is 0 Å². The van der Waals surface area contributed by atoms with Gasteiger partial charge in [-0.3, -0.25) is 4.90 Å². The first-order valence-corrected chi connectivity index (χ1v) is 8.43. The summed E-state index contributed by atoms with van der Waals surface area (Å²) in [6, 6.07) is 6.30. The number of halogens is 2. The van der Waals surface area contributed by atoms with E-state index in [0.29, 0.717) is 6.54 Å². The lowest BCUT2D eigenvalue weighted by atomic mass is 10.0. The Hall–Kier alpha value is -2.28. The van der Waals surface area contributed by atoms with Crippen LogP contribution in [-0.4, -0.2) is 48.1 Å². The summed E-state index contributed by atoms with van der Waals surface area (Å²) in [5.41, 5.74) is 0.788. The molecule has 3 rings (SSSR count). The van der Waals surface area contributed by atoms with Crippen LogP contribution in [0.5, 0.6) is 0 Å². The first-order chi connectivity index (χ1) is 12.0. The highest BCUT2D eigenvalue weighted by atomic mass is 19.2. The third-order valence-corrected chi connectivity index (χ3v) is 4.36. The van der Waals surface area contributed by atoms with E-state index in [1.165, 1.54) is 12.1 Å². The lowest BCUT2D eigenvalue weighted by Crippen LogP contribution is -2.41. The molecule has 134 valence electrons. The largest absolute Gasteiger partial charge is 0.366 e. The molecular formula is C18H23F2N5.